The van der Waals surface area contributed by atoms with Crippen molar-refractivity contribution in [3.05, 3.63) is 24.3 Å². The van der Waals surface area contributed by atoms with Gasteiger partial charge >= 0.3 is 0 Å². The zero-order chi connectivity index (χ0) is 8.32. The van der Waals surface area contributed by atoms with Gasteiger partial charge in [0.2, 0.25) is 0 Å². The van der Waals surface area contributed by atoms with Crippen LogP contribution in [0.1, 0.15) is 13.3 Å². The maximum atomic E-state index is 11.2. The predicted molar refractivity (Wildman–Crippen MR) is 46.1 cm³/mol. The van der Waals surface area contributed by atoms with Crippen LogP contribution >= 0.6 is 0 Å². The molecule has 0 aliphatic carbocycles. The van der Waals surface area contributed by atoms with Gasteiger partial charge in [0, 0.05) is 0 Å². The van der Waals surface area contributed by atoms with Gasteiger partial charge in [-0.1, -0.05) is 24.3 Å². The normalized spacial score (nSPS) is 28.3. The molecule has 11 heavy (non-hydrogen) atoms. The van der Waals surface area contributed by atoms with Gasteiger partial charge in [-0.2, -0.15) is 0 Å². The molecule has 0 saturated heterocycles. The summed E-state index contributed by atoms with van der Waals surface area (Å²) in [4.78, 5) is 0. The second kappa shape index (κ2) is 3.22. The van der Waals surface area contributed by atoms with E-state index in [2.05, 4.69) is 0 Å². The summed E-state index contributed by atoms with van der Waals surface area (Å²) in [5.74, 6) is 0.217. The molecule has 1 aliphatic rings. The van der Waals surface area contributed by atoms with Crippen LogP contribution in [-0.4, -0.2) is 19.4 Å². The maximum Gasteiger partial charge on any atom is 0.160 e. The Morgan fingerprint density at radius 2 is 2.36 bits per heavy atom. The summed E-state index contributed by atoms with van der Waals surface area (Å²) in [6, 6.07) is 0. The molecule has 0 spiro atoms. The highest BCUT2D eigenvalue weighted by atomic mass is 32.2. The third-order valence-electron chi connectivity index (χ3n) is 1.74. The first-order chi connectivity index (χ1) is 5.17. The molecule has 0 amide bonds. The minimum atomic E-state index is -2.82. The van der Waals surface area contributed by atoms with Crippen LogP contribution < -0.4 is 0 Å². The number of allylic oxidation sites excluding steroid dienone is 2. The van der Waals surface area contributed by atoms with Gasteiger partial charge in [-0.3, -0.25) is 0 Å². The highest BCUT2D eigenvalue weighted by Crippen LogP contribution is 2.15. The van der Waals surface area contributed by atoms with Crippen LogP contribution in [0.3, 0.4) is 0 Å². The summed E-state index contributed by atoms with van der Waals surface area (Å²) in [5.41, 5.74) is 0. The van der Waals surface area contributed by atoms with Crippen molar-refractivity contribution < 1.29 is 8.42 Å². The van der Waals surface area contributed by atoms with Crippen molar-refractivity contribution in [2.45, 2.75) is 18.6 Å². The summed E-state index contributed by atoms with van der Waals surface area (Å²) in [6.07, 6.45) is 7.88. The van der Waals surface area contributed by atoms with Gasteiger partial charge in [-0.25, -0.2) is 8.42 Å². The largest absolute Gasteiger partial charge is 0.228 e. The molecule has 1 atom stereocenters. The van der Waals surface area contributed by atoms with E-state index in [1.54, 1.807) is 12.2 Å². The Bertz CT molecular complexity index is 272. The van der Waals surface area contributed by atoms with E-state index in [1.165, 1.54) is 0 Å². The molecular weight excluding hydrogens is 160 g/mol. The lowest BCUT2D eigenvalue weighted by molar-refractivity contribution is 0.594. The predicted octanol–water partition coefficient (Wildman–Crippen LogP) is 1.31. The monoisotopic (exact) mass is 172 g/mol. The van der Waals surface area contributed by atoms with E-state index in [1.807, 2.05) is 19.1 Å². The van der Waals surface area contributed by atoms with Crippen LogP contribution in [0.15, 0.2) is 24.3 Å². The second-order valence-corrected chi connectivity index (χ2v) is 4.87. The molecule has 0 saturated carbocycles. The molecule has 0 aromatic heterocycles. The standard InChI is InChI=1S/C8H12O2S/c1-2-3-5-8-6-4-7-11(8,9)10/h2-4,6,8H,5,7H2,1H3. The minimum absolute atomic E-state index is 0.217. The fourth-order valence-electron chi connectivity index (χ4n) is 1.08. The van der Waals surface area contributed by atoms with Crippen molar-refractivity contribution in [2.75, 3.05) is 5.75 Å². The number of rotatable bonds is 2. The van der Waals surface area contributed by atoms with Gasteiger partial charge in [0.1, 0.15) is 0 Å². The lowest BCUT2D eigenvalue weighted by Crippen LogP contribution is -2.14. The van der Waals surface area contributed by atoms with E-state index in [0.717, 1.165) is 0 Å². The van der Waals surface area contributed by atoms with Crippen molar-refractivity contribution in [3.63, 3.8) is 0 Å². The number of hydrogen-bond donors (Lipinski definition) is 0. The fourth-order valence-corrected chi connectivity index (χ4v) is 2.46. The van der Waals surface area contributed by atoms with Gasteiger partial charge in [0.25, 0.3) is 0 Å². The Morgan fingerprint density at radius 1 is 1.64 bits per heavy atom. The summed E-state index contributed by atoms with van der Waals surface area (Å²) in [5, 5.41) is -0.265. The van der Waals surface area contributed by atoms with Crippen LogP contribution in [0, 0.1) is 0 Å². The highest BCUT2D eigenvalue weighted by Gasteiger charge is 2.24. The van der Waals surface area contributed by atoms with Crippen LogP contribution in [0.5, 0.6) is 0 Å². The molecule has 2 nitrogen and oxygen atoms in total. The van der Waals surface area contributed by atoms with Crippen molar-refractivity contribution >= 4 is 9.84 Å². The molecule has 0 aromatic rings. The summed E-state index contributed by atoms with van der Waals surface area (Å²) >= 11 is 0. The fraction of sp³-hybridized carbons (Fsp3) is 0.500. The number of sulfone groups is 1. The van der Waals surface area contributed by atoms with Crippen LogP contribution in [-0.2, 0) is 9.84 Å². The Balaban J connectivity index is 2.65. The van der Waals surface area contributed by atoms with Gasteiger partial charge in [0.15, 0.2) is 9.84 Å². The second-order valence-electron chi connectivity index (χ2n) is 2.60. The minimum Gasteiger partial charge on any atom is -0.228 e. The van der Waals surface area contributed by atoms with E-state index in [0.29, 0.717) is 6.42 Å². The van der Waals surface area contributed by atoms with E-state index >= 15 is 0 Å². The molecule has 0 bridgehead atoms. The summed E-state index contributed by atoms with van der Waals surface area (Å²) < 4.78 is 22.3. The van der Waals surface area contributed by atoms with Crippen molar-refractivity contribution in [3.8, 4) is 0 Å². The molecule has 0 N–H and O–H groups in total. The zero-order valence-electron chi connectivity index (χ0n) is 6.53. The topological polar surface area (TPSA) is 34.1 Å². The SMILES string of the molecule is CC=CCC1C=CCS1(=O)=O. The van der Waals surface area contributed by atoms with E-state index in [4.69, 9.17) is 0 Å². The first-order valence-electron chi connectivity index (χ1n) is 3.66. The van der Waals surface area contributed by atoms with Crippen molar-refractivity contribution in [1.29, 1.82) is 0 Å². The van der Waals surface area contributed by atoms with Gasteiger partial charge in [0.05, 0.1) is 11.0 Å². The van der Waals surface area contributed by atoms with E-state index < -0.39 is 9.84 Å². The van der Waals surface area contributed by atoms with Crippen molar-refractivity contribution in [1.82, 2.24) is 0 Å². The molecule has 1 aliphatic heterocycles. The van der Waals surface area contributed by atoms with Gasteiger partial charge < -0.3 is 0 Å². The molecule has 0 fully saturated rings. The Morgan fingerprint density at radius 3 is 2.82 bits per heavy atom. The number of hydrogen-bond acceptors (Lipinski definition) is 2. The molecule has 0 aromatic carbocycles. The zero-order valence-corrected chi connectivity index (χ0v) is 7.34. The molecule has 1 rings (SSSR count). The molecular formula is C8H12O2S. The summed E-state index contributed by atoms with van der Waals surface area (Å²) in [6.45, 7) is 1.89. The van der Waals surface area contributed by atoms with Crippen LogP contribution in [0.4, 0.5) is 0 Å². The van der Waals surface area contributed by atoms with Crippen molar-refractivity contribution in [2.24, 2.45) is 0 Å². The highest BCUT2D eigenvalue weighted by molar-refractivity contribution is 7.92. The molecule has 0 radical (unpaired) electrons. The quantitative estimate of drug-likeness (QED) is 0.588. The molecule has 62 valence electrons. The van der Waals surface area contributed by atoms with E-state index in [-0.39, 0.29) is 11.0 Å². The molecule has 3 heteroatoms. The molecule has 1 unspecified atom stereocenters. The third kappa shape index (κ3) is 1.93. The Labute approximate surface area is 67.5 Å². The lowest BCUT2D eigenvalue weighted by atomic mass is 10.3. The lowest BCUT2D eigenvalue weighted by Gasteiger charge is -2.02. The van der Waals surface area contributed by atoms with Crippen LogP contribution in [0.2, 0.25) is 0 Å². The third-order valence-corrected chi connectivity index (χ3v) is 3.67. The van der Waals surface area contributed by atoms with E-state index in [9.17, 15) is 8.42 Å². The van der Waals surface area contributed by atoms with Gasteiger partial charge in [-0.15, -0.1) is 0 Å². The summed E-state index contributed by atoms with van der Waals surface area (Å²) in [7, 11) is -2.82. The average Bonchev–Trinajstić information content (AvgIpc) is 2.25. The smallest absolute Gasteiger partial charge is 0.160 e. The molecule has 1 heterocycles. The Hall–Kier alpha value is -0.570. The first-order valence-corrected chi connectivity index (χ1v) is 5.38. The van der Waals surface area contributed by atoms with Gasteiger partial charge in [-0.05, 0) is 13.3 Å². The Kier molecular flexibility index (Phi) is 2.49. The van der Waals surface area contributed by atoms with Crippen LogP contribution in [0.25, 0.3) is 0 Å². The maximum absolute atomic E-state index is 11.2. The average molecular weight is 172 g/mol. The first kappa shape index (κ1) is 8.53.